The van der Waals surface area contributed by atoms with Crippen molar-refractivity contribution in [3.05, 3.63) is 72.4 Å². The number of aromatic nitrogens is 5. The summed E-state index contributed by atoms with van der Waals surface area (Å²) in [5.41, 5.74) is 9.91. The molecule has 1 aliphatic carbocycles. The van der Waals surface area contributed by atoms with Gasteiger partial charge in [-0.3, -0.25) is 9.36 Å². The van der Waals surface area contributed by atoms with Crippen LogP contribution in [0.4, 0.5) is 24.7 Å². The van der Waals surface area contributed by atoms with Gasteiger partial charge in [0.2, 0.25) is 0 Å². The van der Waals surface area contributed by atoms with E-state index in [1.165, 1.54) is 18.2 Å². The number of fused-ring (bicyclic) bond motifs is 1. The van der Waals surface area contributed by atoms with Crippen LogP contribution in [0, 0.1) is 5.82 Å². The van der Waals surface area contributed by atoms with Crippen LogP contribution in [-0.2, 0) is 27.1 Å². The van der Waals surface area contributed by atoms with Crippen molar-refractivity contribution in [1.29, 1.82) is 0 Å². The summed E-state index contributed by atoms with van der Waals surface area (Å²) < 4.78 is 71.6. The second kappa shape index (κ2) is 11.4. The van der Waals surface area contributed by atoms with Crippen molar-refractivity contribution in [2.75, 3.05) is 23.7 Å². The number of rotatable bonds is 9. The zero-order chi connectivity index (χ0) is 32.2. The van der Waals surface area contributed by atoms with Crippen molar-refractivity contribution >= 4 is 38.0 Å². The van der Waals surface area contributed by atoms with Crippen molar-refractivity contribution in [3.63, 3.8) is 0 Å². The highest BCUT2D eigenvalue weighted by atomic mass is 32.2. The summed E-state index contributed by atoms with van der Waals surface area (Å²) in [7, 11) is -2.21. The summed E-state index contributed by atoms with van der Waals surface area (Å²) in [6, 6.07) is 11.0. The van der Waals surface area contributed by atoms with Gasteiger partial charge in [0.25, 0.3) is 0 Å². The van der Waals surface area contributed by atoms with E-state index in [9.17, 15) is 17.4 Å². The molecule has 4 heterocycles. The fourth-order valence-corrected chi connectivity index (χ4v) is 6.60. The quantitative estimate of drug-likeness (QED) is 0.190. The minimum atomic E-state index is -4.01. The SMILES string of the molecule is C=S(=O)(Nc1ccc(-c2nn(C)c3c(-c4cnn(C5CCOCC5)c4)cnc(N)c23)cc1OC1(c2ccc(F)cc2)CC1)C(F)F. The fourth-order valence-electron chi connectivity index (χ4n) is 5.97. The number of nitrogens with two attached hydrogens (primary N) is 1. The lowest BCUT2D eigenvalue weighted by molar-refractivity contribution is 0.0662. The zero-order valence-corrected chi connectivity index (χ0v) is 25.8. The minimum Gasteiger partial charge on any atom is -0.480 e. The van der Waals surface area contributed by atoms with Crippen LogP contribution in [0.15, 0.2) is 61.1 Å². The topological polar surface area (TPSA) is 122 Å². The number of aryl methyl sites for hydroxylation is 1. The molecule has 0 radical (unpaired) electrons. The van der Waals surface area contributed by atoms with Crippen LogP contribution < -0.4 is 15.2 Å². The Balaban J connectivity index is 1.31. The molecule has 3 N–H and O–H groups in total. The number of hydrogen-bond donors (Lipinski definition) is 2. The first-order valence-corrected chi connectivity index (χ1v) is 16.6. The van der Waals surface area contributed by atoms with Gasteiger partial charge in [0.15, 0.2) is 0 Å². The number of nitrogens with zero attached hydrogens (tertiary/aromatic N) is 5. The van der Waals surface area contributed by atoms with E-state index in [0.29, 0.717) is 42.7 Å². The molecule has 1 unspecified atom stereocenters. The van der Waals surface area contributed by atoms with Crippen LogP contribution >= 0.6 is 0 Å². The smallest absolute Gasteiger partial charge is 0.320 e. The van der Waals surface area contributed by atoms with Crippen molar-refractivity contribution in [2.24, 2.45) is 7.05 Å². The highest BCUT2D eigenvalue weighted by molar-refractivity contribution is 8.01. The second-order valence-electron chi connectivity index (χ2n) is 11.7. The molecule has 1 saturated carbocycles. The first-order chi connectivity index (χ1) is 22.0. The largest absolute Gasteiger partial charge is 0.480 e. The average Bonchev–Trinajstić information content (AvgIpc) is 3.49. The predicted octanol–water partition coefficient (Wildman–Crippen LogP) is 5.91. The molecule has 5 aromatic rings. The van der Waals surface area contributed by atoms with E-state index in [1.54, 1.807) is 48.4 Å². The lowest BCUT2D eigenvalue weighted by Crippen LogP contribution is -2.22. The summed E-state index contributed by atoms with van der Waals surface area (Å²) in [6.45, 7) is 1.38. The van der Waals surface area contributed by atoms with Gasteiger partial charge in [-0.25, -0.2) is 13.6 Å². The maximum Gasteiger partial charge on any atom is 0.320 e. The van der Waals surface area contributed by atoms with E-state index in [1.807, 2.05) is 10.9 Å². The van der Waals surface area contributed by atoms with E-state index in [-0.39, 0.29) is 29.1 Å². The molecule has 10 nitrogen and oxygen atoms in total. The molecule has 2 aromatic carbocycles. The predicted molar refractivity (Wildman–Crippen MR) is 171 cm³/mol. The Hall–Kier alpha value is -4.56. The molecule has 1 aliphatic heterocycles. The Kier molecular flexibility index (Phi) is 7.43. The molecule has 2 fully saturated rings. The standard InChI is InChI=1S/C32H32F3N7O3S/c1-41-29-24(20-16-38-42(18-20)23-9-13-44-14-10-23)17-37-30(36)27(29)28(39-41)19-3-8-25(40-46(2,43)31(34)35)26(15-19)45-32(11-12-32)21-4-6-22(33)7-5-21/h3-8,15-18,23,31H,2,9-14H2,1H3,(H2,36,37)(H,40,43). The highest BCUT2D eigenvalue weighted by Gasteiger charge is 2.48. The van der Waals surface area contributed by atoms with E-state index in [4.69, 9.17) is 20.3 Å². The number of alkyl halides is 2. The Morgan fingerprint density at radius 2 is 1.87 bits per heavy atom. The Bertz CT molecular complexity index is 2030. The van der Waals surface area contributed by atoms with Crippen LogP contribution in [0.2, 0.25) is 0 Å². The van der Waals surface area contributed by atoms with Crippen molar-refractivity contribution in [2.45, 2.75) is 43.1 Å². The molecule has 3 aromatic heterocycles. The molecule has 1 saturated heterocycles. The first kappa shape index (κ1) is 30.1. The maximum absolute atomic E-state index is 13.7. The van der Waals surface area contributed by atoms with Gasteiger partial charge < -0.3 is 19.9 Å². The number of anilines is 2. The molecule has 7 rings (SSSR count). The third-order valence-electron chi connectivity index (χ3n) is 8.57. The monoisotopic (exact) mass is 651 g/mol. The van der Waals surface area contributed by atoms with E-state index < -0.39 is 21.1 Å². The molecule has 240 valence electrons. The molecular formula is C32H32F3N7O3S. The Morgan fingerprint density at radius 3 is 2.57 bits per heavy atom. The average molecular weight is 652 g/mol. The molecule has 0 spiro atoms. The number of benzene rings is 2. The maximum atomic E-state index is 13.7. The van der Waals surface area contributed by atoms with Gasteiger partial charge in [-0.15, -0.1) is 0 Å². The summed E-state index contributed by atoms with van der Waals surface area (Å²) in [4.78, 5) is 4.49. The highest BCUT2D eigenvalue weighted by Crippen LogP contribution is 2.51. The van der Waals surface area contributed by atoms with Gasteiger partial charge in [0.05, 0.1) is 28.8 Å². The summed E-state index contributed by atoms with van der Waals surface area (Å²) in [6.07, 6.45) is 8.48. The van der Waals surface area contributed by atoms with Crippen LogP contribution in [0.3, 0.4) is 0 Å². The lowest BCUT2D eigenvalue weighted by Gasteiger charge is -2.23. The summed E-state index contributed by atoms with van der Waals surface area (Å²) in [5, 5.41) is 10.0. The number of nitrogen functional groups attached to an aromatic ring is 1. The number of ether oxygens (including phenoxy) is 2. The number of halogens is 3. The third-order valence-corrected chi connectivity index (χ3v) is 9.72. The van der Waals surface area contributed by atoms with Crippen molar-refractivity contribution in [1.82, 2.24) is 24.5 Å². The van der Waals surface area contributed by atoms with Crippen LogP contribution in [0.25, 0.3) is 33.3 Å². The van der Waals surface area contributed by atoms with Crippen molar-refractivity contribution < 1.29 is 26.9 Å². The Morgan fingerprint density at radius 1 is 1.13 bits per heavy atom. The van der Waals surface area contributed by atoms with Crippen LogP contribution in [0.5, 0.6) is 5.75 Å². The van der Waals surface area contributed by atoms with Crippen LogP contribution in [0.1, 0.15) is 37.3 Å². The van der Waals surface area contributed by atoms with E-state index >= 15 is 0 Å². The normalized spacial score (nSPS) is 17.7. The molecule has 14 heteroatoms. The number of pyridine rings is 1. The number of hydrogen-bond acceptors (Lipinski definition) is 7. The molecule has 2 aliphatic rings. The van der Waals surface area contributed by atoms with Gasteiger partial charge >= 0.3 is 5.76 Å². The number of nitrogens with one attached hydrogen (secondary N) is 1. The van der Waals surface area contributed by atoms with Gasteiger partial charge in [-0.05, 0) is 61.4 Å². The Labute approximate surface area is 263 Å². The summed E-state index contributed by atoms with van der Waals surface area (Å²) in [5.74, 6) is 0.0233. The molecule has 1 atom stereocenters. The molecular weight excluding hydrogens is 619 g/mol. The van der Waals surface area contributed by atoms with Gasteiger partial charge in [0, 0.05) is 49.3 Å². The first-order valence-electron chi connectivity index (χ1n) is 14.8. The lowest BCUT2D eigenvalue weighted by atomic mass is 10.0. The fraction of sp³-hybridized carbons (Fsp3) is 0.312. The molecule has 0 amide bonds. The van der Waals surface area contributed by atoms with E-state index in [0.717, 1.165) is 35.0 Å². The second-order valence-corrected chi connectivity index (χ2v) is 13.7. The minimum absolute atomic E-state index is 0.0741. The van der Waals surface area contributed by atoms with Crippen LogP contribution in [-0.4, -0.2) is 53.6 Å². The summed E-state index contributed by atoms with van der Waals surface area (Å²) >= 11 is 0. The zero-order valence-electron chi connectivity index (χ0n) is 25.0. The molecule has 46 heavy (non-hydrogen) atoms. The van der Waals surface area contributed by atoms with Gasteiger partial charge in [-0.1, -0.05) is 18.2 Å². The van der Waals surface area contributed by atoms with Gasteiger partial charge in [-0.2, -0.15) is 19.0 Å². The van der Waals surface area contributed by atoms with Crippen molar-refractivity contribution in [3.8, 4) is 28.1 Å². The molecule has 0 bridgehead atoms. The van der Waals surface area contributed by atoms with Gasteiger partial charge in [0.1, 0.15) is 38.4 Å². The van der Waals surface area contributed by atoms with E-state index in [2.05, 4.69) is 20.7 Å². The third kappa shape index (κ3) is 5.45.